The van der Waals surface area contributed by atoms with Crippen LogP contribution < -0.4 is 15.8 Å². The molecule has 1 saturated carbocycles. The van der Waals surface area contributed by atoms with Crippen LogP contribution in [0.5, 0.6) is 5.75 Å². The molecule has 24 heavy (non-hydrogen) atoms. The summed E-state index contributed by atoms with van der Waals surface area (Å²) in [5.41, 5.74) is 6.36. The minimum Gasteiger partial charge on any atom is -0.489 e. The molecule has 1 aliphatic carbocycles. The molecule has 1 aromatic rings. The number of benzene rings is 1. The van der Waals surface area contributed by atoms with Crippen molar-refractivity contribution in [2.75, 3.05) is 31.7 Å². The summed E-state index contributed by atoms with van der Waals surface area (Å²) in [7, 11) is 0. The summed E-state index contributed by atoms with van der Waals surface area (Å²) in [5.74, 6) is 0.825. The molecule has 7 heteroatoms. The zero-order chi connectivity index (χ0) is 16.7. The first-order valence-corrected chi connectivity index (χ1v) is 8.54. The highest BCUT2D eigenvalue weighted by Crippen LogP contribution is 2.34. The number of hydrogen-bond donors (Lipinski definition) is 2. The van der Waals surface area contributed by atoms with Crippen LogP contribution in [0.15, 0.2) is 18.2 Å². The van der Waals surface area contributed by atoms with Gasteiger partial charge in [-0.3, -0.25) is 4.79 Å². The summed E-state index contributed by atoms with van der Waals surface area (Å²) < 4.78 is 10.9. The summed E-state index contributed by atoms with van der Waals surface area (Å²) in [6, 6.07) is 5.21. The second-order valence-corrected chi connectivity index (χ2v) is 6.14. The van der Waals surface area contributed by atoms with Gasteiger partial charge < -0.3 is 20.5 Å². The van der Waals surface area contributed by atoms with Gasteiger partial charge in [-0.1, -0.05) is 18.0 Å². The molecule has 0 unspecified atom stereocenters. The second-order valence-electron chi connectivity index (χ2n) is 5.71. The van der Waals surface area contributed by atoms with Crippen LogP contribution in [0.3, 0.4) is 0 Å². The van der Waals surface area contributed by atoms with Gasteiger partial charge in [0.2, 0.25) is 5.91 Å². The maximum Gasteiger partial charge on any atom is 0.227 e. The van der Waals surface area contributed by atoms with E-state index < -0.39 is 0 Å². The Morgan fingerprint density at radius 3 is 2.88 bits per heavy atom. The number of nitrogens with one attached hydrogen (secondary N) is 1. The summed E-state index contributed by atoms with van der Waals surface area (Å²) in [5, 5.41) is 3.51. The maximum atomic E-state index is 12.5. The van der Waals surface area contributed by atoms with Crippen molar-refractivity contribution in [2.45, 2.75) is 26.2 Å². The number of hydrogen-bond acceptors (Lipinski definition) is 4. The van der Waals surface area contributed by atoms with Crippen molar-refractivity contribution in [1.29, 1.82) is 0 Å². The van der Waals surface area contributed by atoms with Gasteiger partial charge in [0, 0.05) is 17.5 Å². The number of carbonyl (C=O) groups excluding carboxylic acids is 1. The Labute approximate surface area is 154 Å². The molecule has 5 nitrogen and oxygen atoms in total. The molecule has 0 saturated heterocycles. The molecule has 0 aliphatic heterocycles. The molecule has 3 N–H and O–H groups in total. The zero-order valence-electron chi connectivity index (χ0n) is 13.9. The van der Waals surface area contributed by atoms with Gasteiger partial charge in [-0.05, 0) is 50.4 Å². The minimum atomic E-state index is -0.0322. The van der Waals surface area contributed by atoms with Crippen LogP contribution in [0.25, 0.3) is 0 Å². The smallest absolute Gasteiger partial charge is 0.227 e. The molecule has 0 spiro atoms. The molecule has 2 atom stereocenters. The molecule has 0 aromatic heterocycles. The second kappa shape index (κ2) is 10.8. The van der Waals surface area contributed by atoms with Gasteiger partial charge in [0.1, 0.15) is 12.4 Å². The number of anilines is 1. The first-order chi connectivity index (χ1) is 11.2. The number of nitrogens with two attached hydrogens (primary N) is 1. The number of rotatable bonds is 8. The van der Waals surface area contributed by atoms with E-state index in [9.17, 15) is 4.79 Å². The van der Waals surface area contributed by atoms with Gasteiger partial charge in [0.25, 0.3) is 0 Å². The molecule has 0 radical (unpaired) electrons. The van der Waals surface area contributed by atoms with Crippen LogP contribution in [0.4, 0.5) is 5.69 Å². The zero-order valence-corrected chi connectivity index (χ0v) is 15.5. The van der Waals surface area contributed by atoms with Crippen LogP contribution in [-0.2, 0) is 9.53 Å². The SMILES string of the molecule is CCOCCOc1ccc(Cl)cc1NC(=O)[C@@H]1CCC[C@@H]1CN.Cl. The van der Waals surface area contributed by atoms with Crippen molar-refractivity contribution >= 4 is 35.6 Å². The molecule has 1 aromatic carbocycles. The molecule has 1 fully saturated rings. The van der Waals surface area contributed by atoms with Gasteiger partial charge >= 0.3 is 0 Å². The number of ether oxygens (including phenoxy) is 2. The molecule has 1 aliphatic rings. The predicted octanol–water partition coefficient (Wildman–Crippen LogP) is 3.49. The highest BCUT2D eigenvalue weighted by atomic mass is 35.5. The fourth-order valence-electron chi connectivity index (χ4n) is 2.97. The van der Waals surface area contributed by atoms with E-state index in [0.29, 0.717) is 42.8 Å². The fraction of sp³-hybridized carbons (Fsp3) is 0.588. The molecule has 1 amide bonds. The average molecular weight is 377 g/mol. The van der Waals surface area contributed by atoms with Crippen molar-refractivity contribution in [3.8, 4) is 5.75 Å². The van der Waals surface area contributed by atoms with E-state index in [1.54, 1.807) is 18.2 Å². The van der Waals surface area contributed by atoms with E-state index in [0.717, 1.165) is 19.3 Å². The van der Waals surface area contributed by atoms with E-state index in [4.69, 9.17) is 26.8 Å². The first-order valence-electron chi connectivity index (χ1n) is 8.16. The van der Waals surface area contributed by atoms with Gasteiger partial charge in [-0.2, -0.15) is 0 Å². The topological polar surface area (TPSA) is 73.6 Å². The summed E-state index contributed by atoms with van der Waals surface area (Å²) in [6.07, 6.45) is 2.95. The lowest BCUT2D eigenvalue weighted by Crippen LogP contribution is -2.29. The van der Waals surface area contributed by atoms with E-state index >= 15 is 0 Å². The van der Waals surface area contributed by atoms with Gasteiger partial charge in [0.15, 0.2) is 0 Å². The Morgan fingerprint density at radius 1 is 1.38 bits per heavy atom. The molecule has 2 rings (SSSR count). The first kappa shape index (κ1) is 21.0. The summed E-state index contributed by atoms with van der Waals surface area (Å²) in [4.78, 5) is 12.5. The third-order valence-corrected chi connectivity index (χ3v) is 4.42. The number of carbonyl (C=O) groups is 1. The largest absolute Gasteiger partial charge is 0.489 e. The molecule has 0 bridgehead atoms. The van der Waals surface area contributed by atoms with Crippen LogP contribution in [0, 0.1) is 11.8 Å². The Hall–Kier alpha value is -1.01. The van der Waals surface area contributed by atoms with Crippen LogP contribution in [-0.4, -0.2) is 32.3 Å². The van der Waals surface area contributed by atoms with Crippen molar-refractivity contribution in [1.82, 2.24) is 0 Å². The fourth-order valence-corrected chi connectivity index (χ4v) is 3.14. The quantitative estimate of drug-likeness (QED) is 0.681. The van der Waals surface area contributed by atoms with Gasteiger partial charge in [-0.25, -0.2) is 0 Å². The van der Waals surface area contributed by atoms with Gasteiger partial charge in [0.05, 0.1) is 12.3 Å². The molecule has 136 valence electrons. The van der Waals surface area contributed by atoms with Gasteiger partial charge in [-0.15, -0.1) is 12.4 Å². The molecule has 0 heterocycles. The maximum absolute atomic E-state index is 12.5. The van der Waals surface area contributed by atoms with Crippen molar-refractivity contribution in [2.24, 2.45) is 17.6 Å². The van der Waals surface area contributed by atoms with Crippen LogP contribution in [0.1, 0.15) is 26.2 Å². The van der Waals surface area contributed by atoms with Crippen LogP contribution in [0.2, 0.25) is 5.02 Å². The lowest BCUT2D eigenvalue weighted by Gasteiger charge is -2.19. The van der Waals surface area contributed by atoms with E-state index in [-0.39, 0.29) is 30.2 Å². The minimum absolute atomic E-state index is 0. The Kier molecular flexibility index (Phi) is 9.44. The molecular weight excluding hydrogens is 351 g/mol. The Balaban J connectivity index is 0.00000288. The van der Waals surface area contributed by atoms with E-state index in [1.165, 1.54) is 0 Å². The molecular formula is C17H26Cl2N2O3. The Bertz CT molecular complexity index is 529. The van der Waals surface area contributed by atoms with E-state index in [2.05, 4.69) is 5.32 Å². The average Bonchev–Trinajstić information content (AvgIpc) is 3.02. The van der Waals surface area contributed by atoms with E-state index in [1.807, 2.05) is 6.92 Å². The van der Waals surface area contributed by atoms with Crippen molar-refractivity contribution in [3.05, 3.63) is 23.2 Å². The lowest BCUT2D eigenvalue weighted by atomic mass is 9.95. The van der Waals surface area contributed by atoms with Crippen LogP contribution >= 0.6 is 24.0 Å². The summed E-state index contributed by atoms with van der Waals surface area (Å²) >= 11 is 6.05. The summed E-state index contributed by atoms with van der Waals surface area (Å²) in [6.45, 7) is 4.06. The predicted molar refractivity (Wildman–Crippen MR) is 99.2 cm³/mol. The standard InChI is InChI=1S/C17H25ClN2O3.ClH/c1-2-22-8-9-23-16-7-6-13(18)10-15(16)20-17(21)14-5-3-4-12(14)11-19;/h6-7,10,12,14H,2-5,8-9,11,19H2,1H3,(H,20,21);1H/t12-,14-;/m1./s1. The number of halogens is 2. The lowest BCUT2D eigenvalue weighted by molar-refractivity contribution is -0.120. The normalized spacial score (nSPS) is 19.6. The Morgan fingerprint density at radius 2 is 2.17 bits per heavy atom. The number of amides is 1. The van der Waals surface area contributed by atoms with Crippen molar-refractivity contribution in [3.63, 3.8) is 0 Å². The van der Waals surface area contributed by atoms with Crippen molar-refractivity contribution < 1.29 is 14.3 Å². The monoisotopic (exact) mass is 376 g/mol. The third-order valence-electron chi connectivity index (χ3n) is 4.19. The highest BCUT2D eigenvalue weighted by molar-refractivity contribution is 6.31. The highest BCUT2D eigenvalue weighted by Gasteiger charge is 2.32. The third kappa shape index (κ3) is 5.81.